The quantitative estimate of drug-likeness (QED) is 0.215. The summed E-state index contributed by atoms with van der Waals surface area (Å²) in [5.74, 6) is 1.85. The summed E-state index contributed by atoms with van der Waals surface area (Å²) in [6.45, 7) is 2.55. The molecule has 3 aromatic heterocycles. The van der Waals surface area contributed by atoms with Crippen LogP contribution >= 0.6 is 0 Å². The van der Waals surface area contributed by atoms with Gasteiger partial charge >= 0.3 is 0 Å². The van der Waals surface area contributed by atoms with Gasteiger partial charge < -0.3 is 29.2 Å². The van der Waals surface area contributed by atoms with Crippen molar-refractivity contribution in [2.45, 2.75) is 13.5 Å². The maximum Gasteiger partial charge on any atom is 0.281 e. The number of ether oxygens (including phenoxy) is 4. The Morgan fingerprint density at radius 1 is 0.977 bits per heavy atom. The van der Waals surface area contributed by atoms with Gasteiger partial charge in [-0.25, -0.2) is 14.1 Å². The van der Waals surface area contributed by atoms with Crippen molar-refractivity contribution in [2.75, 3.05) is 40.2 Å². The minimum atomic E-state index is -0.514. The molecule has 0 aliphatic carbocycles. The fourth-order valence-electron chi connectivity index (χ4n) is 4.43. The Bertz CT molecular complexity index is 1760. The molecule has 0 aliphatic rings. The van der Waals surface area contributed by atoms with Crippen molar-refractivity contribution in [2.24, 2.45) is 0 Å². The third-order valence-electron chi connectivity index (χ3n) is 6.39. The molecule has 43 heavy (non-hydrogen) atoms. The lowest BCUT2D eigenvalue weighted by Gasteiger charge is -2.12. The van der Waals surface area contributed by atoms with E-state index in [0.717, 1.165) is 5.39 Å². The Morgan fingerprint density at radius 3 is 2.47 bits per heavy atom. The summed E-state index contributed by atoms with van der Waals surface area (Å²) >= 11 is 0. The van der Waals surface area contributed by atoms with E-state index in [2.05, 4.69) is 20.4 Å². The average molecular weight is 587 g/mol. The minimum absolute atomic E-state index is 0.0649. The number of halogens is 1. The van der Waals surface area contributed by atoms with Crippen LogP contribution in [0, 0.1) is 5.82 Å². The summed E-state index contributed by atoms with van der Waals surface area (Å²) in [7, 11) is 6.84. The number of rotatable bonds is 11. The van der Waals surface area contributed by atoms with Gasteiger partial charge in [-0.05, 0) is 63.5 Å². The van der Waals surface area contributed by atoms with E-state index >= 15 is 0 Å². The highest BCUT2D eigenvalue weighted by molar-refractivity contribution is 6.04. The average Bonchev–Trinajstić information content (AvgIpc) is 3.42. The first-order valence-electron chi connectivity index (χ1n) is 13.4. The molecule has 0 radical (unpaired) electrons. The van der Waals surface area contributed by atoms with E-state index in [0.29, 0.717) is 52.9 Å². The van der Waals surface area contributed by atoms with Gasteiger partial charge in [0, 0.05) is 29.8 Å². The van der Waals surface area contributed by atoms with Gasteiger partial charge in [-0.2, -0.15) is 5.10 Å². The molecule has 222 valence electrons. The van der Waals surface area contributed by atoms with E-state index in [1.54, 1.807) is 69.1 Å². The number of hydrogen-bond donors (Lipinski definition) is 1. The summed E-state index contributed by atoms with van der Waals surface area (Å²) in [5, 5.41) is 7.92. The number of aromatic nitrogens is 4. The van der Waals surface area contributed by atoms with Crippen LogP contribution in [0.4, 0.5) is 10.2 Å². The van der Waals surface area contributed by atoms with Gasteiger partial charge in [-0.3, -0.25) is 9.78 Å². The number of anilines is 1. The third-order valence-corrected chi connectivity index (χ3v) is 6.39. The minimum Gasteiger partial charge on any atom is -0.493 e. The normalized spacial score (nSPS) is 11.0. The van der Waals surface area contributed by atoms with Crippen molar-refractivity contribution in [3.63, 3.8) is 0 Å². The zero-order chi connectivity index (χ0) is 30.5. The van der Waals surface area contributed by atoms with E-state index < -0.39 is 5.91 Å². The van der Waals surface area contributed by atoms with Crippen LogP contribution in [0.25, 0.3) is 16.6 Å². The largest absolute Gasteiger partial charge is 0.493 e. The standard InChI is InChI=1S/C31H31FN6O5/c1-6-42-28-18-38(20-7-9-23(32)19(13-20)17-37(2)3)36-30(28)31(39)35-29-10-8-21(16-34-29)43-25-11-12-33-24-15-27(41-5)26(40-4)14-22(24)25/h7-16,18H,6,17H2,1-5H3,(H,34,35,39). The molecule has 1 amide bonds. The number of benzene rings is 2. The zero-order valence-electron chi connectivity index (χ0n) is 24.4. The Balaban J connectivity index is 1.34. The number of fused-ring (bicyclic) bond motifs is 1. The second-order valence-corrected chi connectivity index (χ2v) is 9.70. The van der Waals surface area contributed by atoms with Gasteiger partial charge in [0.1, 0.15) is 23.1 Å². The molecule has 12 heteroatoms. The second-order valence-electron chi connectivity index (χ2n) is 9.70. The Labute approximate surface area is 247 Å². The summed E-state index contributed by atoms with van der Waals surface area (Å²) < 4.78 is 38.4. The highest BCUT2D eigenvalue weighted by Gasteiger charge is 2.20. The predicted octanol–water partition coefficient (Wildman–Crippen LogP) is 5.48. The van der Waals surface area contributed by atoms with E-state index in [-0.39, 0.29) is 23.1 Å². The molecule has 0 bridgehead atoms. The molecule has 5 aromatic rings. The molecular formula is C31H31FN6O5. The van der Waals surface area contributed by atoms with E-state index in [9.17, 15) is 9.18 Å². The molecule has 1 N–H and O–H groups in total. The third kappa shape index (κ3) is 6.49. The van der Waals surface area contributed by atoms with Gasteiger partial charge in [-0.15, -0.1) is 0 Å². The molecule has 0 unspecified atom stereocenters. The molecule has 0 aliphatic heterocycles. The van der Waals surface area contributed by atoms with Crippen LogP contribution in [0.1, 0.15) is 23.0 Å². The molecule has 0 saturated carbocycles. The lowest BCUT2D eigenvalue weighted by atomic mass is 10.2. The van der Waals surface area contributed by atoms with Crippen molar-refractivity contribution in [3.8, 4) is 34.4 Å². The van der Waals surface area contributed by atoms with Crippen molar-refractivity contribution >= 4 is 22.6 Å². The SMILES string of the molecule is CCOc1cn(-c2ccc(F)c(CN(C)C)c2)nc1C(=O)Nc1ccc(Oc2ccnc3cc(OC)c(OC)cc23)cn1. The van der Waals surface area contributed by atoms with Gasteiger partial charge in [0.2, 0.25) is 0 Å². The lowest BCUT2D eigenvalue weighted by Crippen LogP contribution is -2.15. The van der Waals surface area contributed by atoms with Gasteiger partial charge in [0.15, 0.2) is 22.9 Å². The van der Waals surface area contributed by atoms with E-state index in [1.165, 1.54) is 16.9 Å². The molecule has 0 fully saturated rings. The first-order chi connectivity index (χ1) is 20.8. The van der Waals surface area contributed by atoms with E-state index in [1.807, 2.05) is 25.9 Å². The van der Waals surface area contributed by atoms with Crippen molar-refractivity contribution in [1.29, 1.82) is 0 Å². The Morgan fingerprint density at radius 2 is 1.77 bits per heavy atom. The van der Waals surface area contributed by atoms with Crippen molar-refractivity contribution in [3.05, 3.63) is 84.2 Å². The number of methoxy groups -OCH3 is 2. The molecule has 3 heterocycles. The smallest absolute Gasteiger partial charge is 0.281 e. The van der Waals surface area contributed by atoms with Crippen molar-refractivity contribution in [1.82, 2.24) is 24.6 Å². The van der Waals surface area contributed by atoms with Crippen LogP contribution in [0.15, 0.2) is 67.1 Å². The van der Waals surface area contributed by atoms with Crippen LogP contribution in [-0.4, -0.2) is 65.5 Å². The Kier molecular flexibility index (Phi) is 8.67. The highest BCUT2D eigenvalue weighted by atomic mass is 19.1. The summed E-state index contributed by atoms with van der Waals surface area (Å²) in [6.07, 6.45) is 4.73. The Hall–Kier alpha value is -5.23. The number of nitrogens with zero attached hydrogens (tertiary/aromatic N) is 5. The first-order valence-corrected chi connectivity index (χ1v) is 13.4. The molecule has 5 rings (SSSR count). The van der Waals surface area contributed by atoms with Crippen LogP contribution in [0.2, 0.25) is 0 Å². The predicted molar refractivity (Wildman–Crippen MR) is 159 cm³/mol. The fraction of sp³-hybridized carbons (Fsp3) is 0.226. The van der Waals surface area contributed by atoms with Crippen LogP contribution < -0.4 is 24.3 Å². The molecule has 2 aromatic carbocycles. The first kappa shape index (κ1) is 29.3. The van der Waals surface area contributed by atoms with Crippen LogP contribution in [-0.2, 0) is 6.54 Å². The molecule has 0 saturated heterocycles. The molecule has 0 spiro atoms. The fourth-order valence-corrected chi connectivity index (χ4v) is 4.43. The lowest BCUT2D eigenvalue weighted by molar-refractivity contribution is 0.101. The van der Waals surface area contributed by atoms with Gasteiger partial charge in [0.05, 0.1) is 44.4 Å². The molecular weight excluding hydrogens is 555 g/mol. The van der Waals surface area contributed by atoms with Crippen LogP contribution in [0.3, 0.4) is 0 Å². The van der Waals surface area contributed by atoms with E-state index in [4.69, 9.17) is 18.9 Å². The summed E-state index contributed by atoms with van der Waals surface area (Å²) in [4.78, 5) is 23.8. The second kappa shape index (κ2) is 12.7. The van der Waals surface area contributed by atoms with Gasteiger partial charge in [0.25, 0.3) is 5.91 Å². The maximum absolute atomic E-state index is 14.3. The van der Waals surface area contributed by atoms with Crippen molar-refractivity contribution < 1.29 is 28.1 Å². The summed E-state index contributed by atoms with van der Waals surface area (Å²) in [6, 6.07) is 13.3. The maximum atomic E-state index is 14.3. The zero-order valence-corrected chi connectivity index (χ0v) is 24.4. The molecule has 0 atom stereocenters. The topological polar surface area (TPSA) is 113 Å². The number of pyridine rings is 2. The van der Waals surface area contributed by atoms with Crippen LogP contribution in [0.5, 0.6) is 28.7 Å². The molecule has 11 nitrogen and oxygen atoms in total. The number of carbonyl (C=O) groups is 1. The number of amides is 1. The number of hydrogen-bond acceptors (Lipinski definition) is 9. The number of nitrogens with one attached hydrogen (secondary N) is 1. The number of carbonyl (C=O) groups excluding carboxylic acids is 1. The highest BCUT2D eigenvalue weighted by Crippen LogP contribution is 2.37. The van der Waals surface area contributed by atoms with Gasteiger partial charge in [-0.1, -0.05) is 0 Å². The monoisotopic (exact) mass is 586 g/mol. The summed E-state index contributed by atoms with van der Waals surface area (Å²) in [5.41, 5.74) is 1.84.